The van der Waals surface area contributed by atoms with Gasteiger partial charge in [-0.05, 0) is 56.0 Å². The lowest BCUT2D eigenvalue weighted by Crippen LogP contribution is -2.28. The minimum atomic E-state index is -1.51. The van der Waals surface area contributed by atoms with Gasteiger partial charge in [-0.25, -0.2) is 0 Å². The number of benzene rings is 2. The van der Waals surface area contributed by atoms with Crippen LogP contribution in [0.1, 0.15) is 105 Å². The molecule has 1 radical (unpaired) electrons. The van der Waals surface area contributed by atoms with E-state index in [9.17, 15) is 0 Å². The van der Waals surface area contributed by atoms with Crippen molar-refractivity contribution in [3.8, 4) is 22.6 Å². The molecule has 0 aromatic heterocycles. The van der Waals surface area contributed by atoms with E-state index in [4.69, 9.17) is 8.85 Å². The predicted octanol–water partition coefficient (Wildman–Crippen LogP) is 8.43. The lowest BCUT2D eigenvalue weighted by Gasteiger charge is -2.30. The van der Waals surface area contributed by atoms with Crippen LogP contribution in [0.5, 0.6) is 11.5 Å². The van der Waals surface area contributed by atoms with Gasteiger partial charge in [0, 0.05) is 17.7 Å². The average molecular weight is 452 g/mol. The van der Waals surface area contributed by atoms with E-state index in [2.05, 4.69) is 114 Å². The molecule has 0 amide bonds. The summed E-state index contributed by atoms with van der Waals surface area (Å²) in [4.78, 5) is 0. The van der Waals surface area contributed by atoms with E-state index in [0.717, 1.165) is 11.5 Å². The van der Waals surface area contributed by atoms with Gasteiger partial charge in [0.1, 0.15) is 11.5 Å². The van der Waals surface area contributed by atoms with Crippen LogP contribution in [0.15, 0.2) is 24.3 Å². The van der Waals surface area contributed by atoms with Crippen molar-refractivity contribution < 1.29 is 8.85 Å². The first-order chi connectivity index (χ1) is 14.3. The second-order valence-corrected chi connectivity index (χ2v) is 14.9. The van der Waals surface area contributed by atoms with Gasteiger partial charge >= 0.3 is 9.28 Å². The van der Waals surface area contributed by atoms with Gasteiger partial charge in [0.15, 0.2) is 0 Å². The summed E-state index contributed by atoms with van der Waals surface area (Å²) in [5, 5.41) is 0. The van der Waals surface area contributed by atoms with Gasteiger partial charge in [-0.3, -0.25) is 0 Å². The summed E-state index contributed by atoms with van der Waals surface area (Å²) in [6, 6.07) is 9.42. The van der Waals surface area contributed by atoms with Gasteiger partial charge in [0.25, 0.3) is 0 Å². The molecular weight excluding hydrogens is 408 g/mol. The van der Waals surface area contributed by atoms with E-state index in [1.807, 2.05) is 0 Å². The zero-order valence-corrected chi connectivity index (χ0v) is 23.6. The highest BCUT2D eigenvalue weighted by Gasteiger charge is 2.35. The third-order valence-corrected chi connectivity index (χ3v) is 7.29. The Labute approximate surface area is 198 Å². The molecule has 3 rings (SSSR count). The first-order valence-electron chi connectivity index (χ1n) is 11.9. The molecule has 32 heavy (non-hydrogen) atoms. The Bertz CT molecular complexity index is 938. The SMILES string of the molecule is C[Si]1Oc2c(cc(C(C)(C)C)cc2C(C)(C)C)-c2cc(C(C)(C)C)cc(C(C)(C)C)c2O1. The second kappa shape index (κ2) is 7.65. The monoisotopic (exact) mass is 451 g/mol. The van der Waals surface area contributed by atoms with E-state index >= 15 is 0 Å². The summed E-state index contributed by atoms with van der Waals surface area (Å²) in [7, 11) is -1.51. The van der Waals surface area contributed by atoms with Crippen LogP contribution in [0.3, 0.4) is 0 Å². The van der Waals surface area contributed by atoms with Crippen molar-refractivity contribution in [2.75, 3.05) is 0 Å². The molecule has 1 aliphatic heterocycles. The maximum absolute atomic E-state index is 6.64. The third kappa shape index (κ3) is 4.78. The van der Waals surface area contributed by atoms with Crippen molar-refractivity contribution in [3.05, 3.63) is 46.5 Å². The Morgan fingerprint density at radius 1 is 0.500 bits per heavy atom. The standard InChI is InChI=1S/C29H43O2Si/c1-26(2,3)18-14-20-21-15-19(27(4,5)6)17-23(29(10,11)12)25(21)31-32(13)30-24(20)22(16-18)28(7,8)9/h14-17H,1-13H3. The lowest BCUT2D eigenvalue weighted by atomic mass is 9.75. The molecule has 0 bridgehead atoms. The predicted molar refractivity (Wildman–Crippen MR) is 140 cm³/mol. The molecule has 0 spiro atoms. The Morgan fingerprint density at radius 2 is 0.812 bits per heavy atom. The number of hydrogen-bond acceptors (Lipinski definition) is 2. The fourth-order valence-corrected chi connectivity index (χ4v) is 5.22. The molecule has 1 heterocycles. The summed E-state index contributed by atoms with van der Waals surface area (Å²) >= 11 is 0. The minimum absolute atomic E-state index is 0.0352. The number of hydrogen-bond donors (Lipinski definition) is 0. The highest BCUT2D eigenvalue weighted by molar-refractivity contribution is 6.45. The Kier molecular flexibility index (Phi) is 5.95. The van der Waals surface area contributed by atoms with E-state index in [1.165, 1.54) is 33.4 Å². The van der Waals surface area contributed by atoms with Crippen molar-refractivity contribution in [2.24, 2.45) is 0 Å². The lowest BCUT2D eigenvalue weighted by molar-refractivity contribution is 0.419. The van der Waals surface area contributed by atoms with Gasteiger partial charge in [-0.2, -0.15) is 0 Å². The normalized spacial score (nSPS) is 15.4. The average Bonchev–Trinajstić information content (AvgIpc) is 2.71. The summed E-state index contributed by atoms with van der Waals surface area (Å²) < 4.78 is 13.3. The van der Waals surface area contributed by atoms with Crippen LogP contribution in [0.2, 0.25) is 6.55 Å². The molecule has 0 N–H and O–H groups in total. The van der Waals surface area contributed by atoms with Crippen LogP contribution in [0.25, 0.3) is 11.1 Å². The van der Waals surface area contributed by atoms with Gasteiger partial charge in [0.05, 0.1) is 0 Å². The van der Waals surface area contributed by atoms with Crippen LogP contribution >= 0.6 is 0 Å². The van der Waals surface area contributed by atoms with Gasteiger partial charge in [0.2, 0.25) is 0 Å². The Hall–Kier alpha value is -1.74. The molecule has 0 atom stereocenters. The van der Waals surface area contributed by atoms with Crippen LogP contribution in [0.4, 0.5) is 0 Å². The summed E-state index contributed by atoms with van der Waals surface area (Å²) in [5.41, 5.74) is 7.55. The first kappa shape index (κ1) is 24.9. The molecule has 0 fully saturated rings. The molecular formula is C29H43O2Si. The summed E-state index contributed by atoms with van der Waals surface area (Å²) in [6.07, 6.45) is 0. The molecule has 2 nitrogen and oxygen atoms in total. The molecule has 1 aliphatic rings. The largest absolute Gasteiger partial charge is 0.528 e. The van der Waals surface area contributed by atoms with Crippen molar-refractivity contribution >= 4 is 9.28 Å². The maximum atomic E-state index is 6.64. The highest BCUT2D eigenvalue weighted by atomic mass is 28.3. The van der Waals surface area contributed by atoms with Crippen molar-refractivity contribution in [1.82, 2.24) is 0 Å². The quantitative estimate of drug-likeness (QED) is 0.374. The summed E-state index contributed by atoms with van der Waals surface area (Å²) in [6.45, 7) is 29.5. The Balaban J connectivity index is 2.53. The molecule has 175 valence electrons. The van der Waals surface area contributed by atoms with Crippen LogP contribution in [-0.4, -0.2) is 9.28 Å². The topological polar surface area (TPSA) is 18.5 Å². The van der Waals surface area contributed by atoms with Gasteiger partial charge in [-0.1, -0.05) is 95.2 Å². The molecule has 0 saturated carbocycles. The fraction of sp³-hybridized carbons (Fsp3) is 0.586. The fourth-order valence-electron chi connectivity index (χ4n) is 4.17. The number of fused-ring (bicyclic) bond motifs is 3. The highest BCUT2D eigenvalue weighted by Crippen LogP contribution is 2.50. The number of rotatable bonds is 0. The van der Waals surface area contributed by atoms with Crippen molar-refractivity contribution in [1.29, 1.82) is 0 Å². The van der Waals surface area contributed by atoms with E-state index in [-0.39, 0.29) is 21.7 Å². The zero-order valence-electron chi connectivity index (χ0n) is 22.6. The first-order valence-corrected chi connectivity index (χ1v) is 13.7. The maximum Gasteiger partial charge on any atom is 0.528 e. The van der Waals surface area contributed by atoms with Crippen LogP contribution in [-0.2, 0) is 21.7 Å². The molecule has 3 heteroatoms. The van der Waals surface area contributed by atoms with Crippen molar-refractivity contribution in [2.45, 2.75) is 111 Å². The summed E-state index contributed by atoms with van der Waals surface area (Å²) in [5.74, 6) is 2.01. The molecule has 0 saturated heterocycles. The minimum Gasteiger partial charge on any atom is -0.509 e. The van der Waals surface area contributed by atoms with Gasteiger partial charge < -0.3 is 8.85 Å². The molecule has 0 unspecified atom stereocenters. The van der Waals surface area contributed by atoms with E-state index in [1.54, 1.807) is 0 Å². The molecule has 2 aromatic rings. The van der Waals surface area contributed by atoms with E-state index in [0.29, 0.717) is 0 Å². The van der Waals surface area contributed by atoms with Crippen LogP contribution in [0, 0.1) is 0 Å². The zero-order chi connectivity index (χ0) is 24.4. The Morgan fingerprint density at radius 3 is 1.06 bits per heavy atom. The smallest absolute Gasteiger partial charge is 0.509 e. The van der Waals surface area contributed by atoms with E-state index < -0.39 is 9.28 Å². The molecule has 0 aliphatic carbocycles. The van der Waals surface area contributed by atoms with Crippen LogP contribution < -0.4 is 8.85 Å². The van der Waals surface area contributed by atoms with Crippen molar-refractivity contribution in [3.63, 3.8) is 0 Å². The second-order valence-electron chi connectivity index (χ2n) is 13.5. The van der Waals surface area contributed by atoms with Gasteiger partial charge in [-0.15, -0.1) is 0 Å². The molecule has 2 aromatic carbocycles. The third-order valence-electron chi connectivity index (χ3n) is 6.31.